The van der Waals surface area contributed by atoms with Crippen molar-refractivity contribution < 1.29 is 4.79 Å². The Labute approximate surface area is 114 Å². The molecule has 0 aliphatic carbocycles. The molecule has 1 aliphatic rings. The van der Waals surface area contributed by atoms with Crippen LogP contribution in [0.1, 0.15) is 11.4 Å². The van der Waals surface area contributed by atoms with Gasteiger partial charge >= 0.3 is 0 Å². The zero-order valence-electron chi connectivity index (χ0n) is 10.8. The number of amides is 1. The smallest absolute Gasteiger partial charge is 0.234 e. The summed E-state index contributed by atoms with van der Waals surface area (Å²) in [5, 5.41) is 13.0. The van der Waals surface area contributed by atoms with Crippen molar-refractivity contribution in [2.24, 2.45) is 0 Å². The number of aryl methyl sites for hydroxylation is 1. The van der Waals surface area contributed by atoms with Crippen LogP contribution in [0.4, 0.5) is 0 Å². The number of hydrogen-bond donors (Lipinski definition) is 0. The molecule has 2 aromatic heterocycles. The van der Waals surface area contributed by atoms with E-state index in [0.717, 1.165) is 36.1 Å². The van der Waals surface area contributed by atoms with E-state index in [0.29, 0.717) is 12.8 Å². The molecule has 0 spiro atoms. The van der Waals surface area contributed by atoms with Crippen LogP contribution in [0.2, 0.25) is 0 Å². The molecular weight excluding hydrogens is 264 g/mol. The van der Waals surface area contributed by atoms with E-state index in [4.69, 9.17) is 0 Å². The summed E-state index contributed by atoms with van der Waals surface area (Å²) in [6.07, 6.45) is 2.78. The van der Waals surface area contributed by atoms with E-state index in [2.05, 4.69) is 27.2 Å². The van der Waals surface area contributed by atoms with E-state index < -0.39 is 0 Å². The third kappa shape index (κ3) is 2.74. The van der Waals surface area contributed by atoms with Crippen molar-refractivity contribution >= 4 is 22.2 Å². The normalized spacial score (nSPS) is 17.2. The second-order valence-electron chi connectivity index (χ2n) is 4.74. The number of carbonyl (C=O) groups excluding carboxylic acids is 1. The predicted molar refractivity (Wildman–Crippen MR) is 71.1 cm³/mol. The van der Waals surface area contributed by atoms with Gasteiger partial charge in [0.25, 0.3) is 0 Å². The maximum Gasteiger partial charge on any atom is 0.234 e. The molecule has 102 valence electrons. The molecule has 1 aliphatic heterocycles. The quantitative estimate of drug-likeness (QED) is 0.785. The molecule has 19 heavy (non-hydrogen) atoms. The van der Waals surface area contributed by atoms with Gasteiger partial charge in [-0.1, -0.05) is 11.3 Å². The van der Waals surface area contributed by atoms with Gasteiger partial charge in [0.15, 0.2) is 0 Å². The molecule has 3 rings (SSSR count). The molecule has 1 saturated heterocycles. The Morgan fingerprint density at radius 2 is 2.16 bits per heavy atom. The minimum atomic E-state index is 0.221. The molecule has 2 aromatic rings. The van der Waals surface area contributed by atoms with Gasteiger partial charge in [-0.05, 0) is 7.05 Å². The van der Waals surface area contributed by atoms with E-state index >= 15 is 0 Å². The zero-order chi connectivity index (χ0) is 13.2. The number of fused-ring (bicyclic) bond motifs is 1. The molecule has 8 heteroatoms. The molecule has 0 N–H and O–H groups in total. The first-order valence-corrected chi connectivity index (χ1v) is 7.16. The van der Waals surface area contributed by atoms with Gasteiger partial charge in [-0.3, -0.25) is 4.79 Å². The highest BCUT2D eigenvalue weighted by Gasteiger charge is 2.19. The monoisotopic (exact) mass is 280 g/mol. The number of rotatable bonds is 3. The molecule has 3 heterocycles. The van der Waals surface area contributed by atoms with E-state index in [9.17, 15) is 4.79 Å². The minimum absolute atomic E-state index is 0.221. The van der Waals surface area contributed by atoms with Crippen LogP contribution in [0.15, 0.2) is 6.33 Å². The van der Waals surface area contributed by atoms with Crippen LogP contribution in [0.5, 0.6) is 0 Å². The highest BCUT2D eigenvalue weighted by atomic mass is 32.1. The maximum absolute atomic E-state index is 12.1. The summed E-state index contributed by atoms with van der Waals surface area (Å²) in [6.45, 7) is 3.59. The number of piperazine rings is 1. The van der Waals surface area contributed by atoms with Gasteiger partial charge in [0.2, 0.25) is 10.9 Å². The first-order valence-electron chi connectivity index (χ1n) is 6.34. The lowest BCUT2D eigenvalue weighted by atomic mass is 10.2. The molecule has 0 atom stereocenters. The van der Waals surface area contributed by atoms with Gasteiger partial charge in [0.05, 0.1) is 0 Å². The van der Waals surface area contributed by atoms with Gasteiger partial charge in [0.1, 0.15) is 11.3 Å². The predicted octanol–water partition coefficient (Wildman–Crippen LogP) is -0.108. The van der Waals surface area contributed by atoms with E-state index in [-0.39, 0.29) is 5.91 Å². The molecule has 7 nitrogen and oxygen atoms in total. The lowest BCUT2D eigenvalue weighted by Gasteiger charge is -2.32. The van der Waals surface area contributed by atoms with Crippen molar-refractivity contribution in [3.8, 4) is 0 Å². The molecule has 0 radical (unpaired) electrons. The zero-order valence-corrected chi connectivity index (χ0v) is 11.6. The maximum atomic E-state index is 12.1. The van der Waals surface area contributed by atoms with Gasteiger partial charge in [0, 0.05) is 39.0 Å². The Morgan fingerprint density at radius 1 is 1.37 bits per heavy atom. The average molecular weight is 280 g/mol. The van der Waals surface area contributed by atoms with Crippen LogP contribution in [-0.4, -0.2) is 68.7 Å². The lowest BCUT2D eigenvalue weighted by Crippen LogP contribution is -2.47. The number of likely N-dealkylation sites (N-methyl/N-ethyl adjacent to an activating group) is 1. The van der Waals surface area contributed by atoms with Crippen LogP contribution in [0, 0.1) is 0 Å². The molecule has 0 unspecified atom stereocenters. The van der Waals surface area contributed by atoms with E-state index in [1.165, 1.54) is 11.3 Å². The second-order valence-corrected chi connectivity index (χ2v) is 5.78. The summed E-state index contributed by atoms with van der Waals surface area (Å²) in [7, 11) is 2.08. The first-order chi connectivity index (χ1) is 9.22. The molecule has 0 saturated carbocycles. The van der Waals surface area contributed by atoms with E-state index in [1.807, 2.05) is 4.90 Å². The van der Waals surface area contributed by atoms with Crippen molar-refractivity contribution in [2.75, 3.05) is 33.2 Å². The van der Waals surface area contributed by atoms with Crippen molar-refractivity contribution in [2.45, 2.75) is 12.8 Å². The topological polar surface area (TPSA) is 66.6 Å². The van der Waals surface area contributed by atoms with Crippen molar-refractivity contribution in [1.29, 1.82) is 0 Å². The SMILES string of the molecule is CN1CCN(C(=O)CCc2nn3cnnc3s2)CC1. The number of carbonyl (C=O) groups is 1. The second kappa shape index (κ2) is 5.22. The van der Waals surface area contributed by atoms with Gasteiger partial charge in [-0.15, -0.1) is 10.2 Å². The Hall–Kier alpha value is -1.54. The third-order valence-electron chi connectivity index (χ3n) is 3.34. The largest absolute Gasteiger partial charge is 0.340 e. The molecule has 1 amide bonds. The summed E-state index contributed by atoms with van der Waals surface area (Å²) in [5.41, 5.74) is 0. The fourth-order valence-corrected chi connectivity index (χ4v) is 2.94. The van der Waals surface area contributed by atoms with E-state index in [1.54, 1.807) is 10.8 Å². The Bertz CT molecular complexity index is 542. The molecular formula is C11H16N6OS. The standard InChI is InChI=1S/C11H16N6OS/c1-15-4-6-16(7-5-15)10(18)3-2-9-14-17-8-12-13-11(17)19-9/h8H,2-7H2,1H3. The van der Waals surface area contributed by atoms with Gasteiger partial charge in [-0.25, -0.2) is 0 Å². The first kappa shape index (κ1) is 12.5. The number of nitrogens with zero attached hydrogens (tertiary/aromatic N) is 6. The number of aromatic nitrogens is 4. The van der Waals surface area contributed by atoms with Crippen LogP contribution in [-0.2, 0) is 11.2 Å². The Balaban J connectivity index is 1.54. The summed E-state index contributed by atoms with van der Waals surface area (Å²) in [6, 6.07) is 0. The Morgan fingerprint density at radius 3 is 2.89 bits per heavy atom. The summed E-state index contributed by atoms with van der Waals surface area (Å²) in [4.78, 5) is 17.0. The average Bonchev–Trinajstić information content (AvgIpc) is 2.97. The van der Waals surface area contributed by atoms with Crippen molar-refractivity contribution in [3.63, 3.8) is 0 Å². The van der Waals surface area contributed by atoms with Gasteiger partial charge < -0.3 is 9.80 Å². The van der Waals surface area contributed by atoms with Gasteiger partial charge in [-0.2, -0.15) is 9.61 Å². The Kier molecular flexibility index (Phi) is 3.43. The highest BCUT2D eigenvalue weighted by Crippen LogP contribution is 2.14. The lowest BCUT2D eigenvalue weighted by molar-refractivity contribution is -0.132. The van der Waals surface area contributed by atoms with Crippen LogP contribution < -0.4 is 0 Å². The van der Waals surface area contributed by atoms with Crippen LogP contribution in [0.25, 0.3) is 4.96 Å². The molecule has 0 bridgehead atoms. The highest BCUT2D eigenvalue weighted by molar-refractivity contribution is 7.16. The molecule has 0 aromatic carbocycles. The summed E-state index contributed by atoms with van der Waals surface area (Å²) >= 11 is 1.49. The minimum Gasteiger partial charge on any atom is -0.340 e. The number of hydrogen-bond acceptors (Lipinski definition) is 6. The fraction of sp³-hybridized carbons (Fsp3) is 0.636. The fourth-order valence-electron chi connectivity index (χ4n) is 2.13. The third-order valence-corrected chi connectivity index (χ3v) is 4.31. The summed E-state index contributed by atoms with van der Waals surface area (Å²) < 4.78 is 1.65. The van der Waals surface area contributed by atoms with Crippen molar-refractivity contribution in [3.05, 3.63) is 11.3 Å². The summed E-state index contributed by atoms with van der Waals surface area (Å²) in [5.74, 6) is 0.221. The molecule has 1 fully saturated rings. The van der Waals surface area contributed by atoms with Crippen LogP contribution in [0.3, 0.4) is 0 Å². The van der Waals surface area contributed by atoms with Crippen LogP contribution >= 0.6 is 11.3 Å². The van der Waals surface area contributed by atoms with Crippen molar-refractivity contribution in [1.82, 2.24) is 29.6 Å².